The van der Waals surface area contributed by atoms with E-state index in [1.165, 1.54) is 11.8 Å². The van der Waals surface area contributed by atoms with E-state index in [-0.39, 0.29) is 23.7 Å². The van der Waals surface area contributed by atoms with Crippen LogP contribution in [-0.4, -0.2) is 17.8 Å². The normalized spacial score (nSPS) is 24.1. The number of anilines is 1. The number of benzene rings is 1. The maximum absolute atomic E-state index is 12.6. The van der Waals surface area contributed by atoms with Crippen LogP contribution in [0.1, 0.15) is 26.7 Å². The lowest BCUT2D eigenvalue weighted by molar-refractivity contribution is -0.132. The van der Waals surface area contributed by atoms with Gasteiger partial charge < -0.3 is 4.74 Å². The van der Waals surface area contributed by atoms with Crippen LogP contribution in [0.5, 0.6) is 5.75 Å². The standard InChI is InChI=1S/C17H17NO4/c1-10-3-8-14-15(9-10)17(21)18(16(14)20)12-4-6-13(7-5-12)22-11(2)19/h3-7,14-15H,8-9H2,1-2H3/t14-,15+/m1/s1. The Balaban J connectivity index is 1.85. The van der Waals surface area contributed by atoms with Crippen LogP contribution in [0.4, 0.5) is 5.69 Å². The van der Waals surface area contributed by atoms with Crippen LogP contribution in [0.3, 0.4) is 0 Å². The zero-order chi connectivity index (χ0) is 15.9. The molecule has 0 unspecified atom stereocenters. The number of nitrogens with zero attached hydrogens (tertiary/aromatic N) is 1. The van der Waals surface area contributed by atoms with E-state index >= 15 is 0 Å². The van der Waals surface area contributed by atoms with Crippen LogP contribution in [0.2, 0.25) is 0 Å². The molecule has 0 aromatic heterocycles. The van der Waals surface area contributed by atoms with E-state index in [2.05, 4.69) is 0 Å². The van der Waals surface area contributed by atoms with Crippen LogP contribution >= 0.6 is 0 Å². The fourth-order valence-corrected chi connectivity index (χ4v) is 3.12. The van der Waals surface area contributed by atoms with E-state index in [0.29, 0.717) is 24.3 Å². The van der Waals surface area contributed by atoms with E-state index < -0.39 is 5.97 Å². The summed E-state index contributed by atoms with van der Waals surface area (Å²) in [7, 11) is 0. The second-order valence-electron chi connectivity index (χ2n) is 5.80. The van der Waals surface area contributed by atoms with E-state index in [9.17, 15) is 14.4 Å². The summed E-state index contributed by atoms with van der Waals surface area (Å²) in [6.45, 7) is 3.31. The smallest absolute Gasteiger partial charge is 0.308 e. The molecule has 1 fully saturated rings. The second-order valence-corrected chi connectivity index (χ2v) is 5.80. The van der Waals surface area contributed by atoms with Crippen LogP contribution in [0.25, 0.3) is 0 Å². The van der Waals surface area contributed by atoms with Crippen molar-refractivity contribution in [1.29, 1.82) is 0 Å². The first-order valence-electron chi connectivity index (χ1n) is 7.29. The van der Waals surface area contributed by atoms with Crippen LogP contribution in [-0.2, 0) is 14.4 Å². The number of carbonyl (C=O) groups excluding carboxylic acids is 3. The SMILES string of the molecule is CC(=O)Oc1ccc(N2C(=O)[C@H]3CC(C)=CC[C@H]3C2=O)cc1. The highest BCUT2D eigenvalue weighted by Crippen LogP contribution is 2.39. The third kappa shape index (κ3) is 2.43. The van der Waals surface area contributed by atoms with E-state index in [0.717, 1.165) is 5.57 Å². The molecule has 0 N–H and O–H groups in total. The Labute approximate surface area is 128 Å². The highest BCUT2D eigenvalue weighted by atomic mass is 16.5. The summed E-state index contributed by atoms with van der Waals surface area (Å²) < 4.78 is 4.96. The van der Waals surface area contributed by atoms with Gasteiger partial charge in [0.1, 0.15) is 5.75 Å². The molecular weight excluding hydrogens is 282 g/mol. The average Bonchev–Trinajstić information content (AvgIpc) is 2.71. The molecule has 0 bridgehead atoms. The van der Waals surface area contributed by atoms with Crippen LogP contribution in [0.15, 0.2) is 35.9 Å². The lowest BCUT2D eigenvalue weighted by atomic mass is 9.82. The first-order chi connectivity index (χ1) is 10.5. The molecule has 5 nitrogen and oxygen atoms in total. The van der Waals surface area contributed by atoms with E-state index in [1.54, 1.807) is 24.3 Å². The maximum Gasteiger partial charge on any atom is 0.308 e. The van der Waals surface area contributed by atoms with Crippen molar-refractivity contribution >= 4 is 23.5 Å². The molecule has 0 spiro atoms. The monoisotopic (exact) mass is 299 g/mol. The number of ether oxygens (including phenoxy) is 1. The van der Waals surface area contributed by atoms with Crippen molar-refractivity contribution in [3.63, 3.8) is 0 Å². The highest BCUT2D eigenvalue weighted by molar-refractivity contribution is 6.22. The Morgan fingerprint density at radius 3 is 2.41 bits per heavy atom. The Morgan fingerprint density at radius 2 is 1.77 bits per heavy atom. The fraction of sp³-hybridized carbons (Fsp3) is 0.353. The molecule has 0 saturated carbocycles. The topological polar surface area (TPSA) is 63.7 Å². The Hall–Kier alpha value is -2.43. The van der Waals surface area contributed by atoms with Gasteiger partial charge in [0.2, 0.25) is 11.8 Å². The first kappa shape index (κ1) is 14.5. The number of allylic oxidation sites excluding steroid dienone is 2. The van der Waals surface area contributed by atoms with E-state index in [4.69, 9.17) is 4.74 Å². The van der Waals surface area contributed by atoms with Crippen LogP contribution in [0, 0.1) is 11.8 Å². The van der Waals surface area contributed by atoms with Gasteiger partial charge in [0, 0.05) is 6.92 Å². The average molecular weight is 299 g/mol. The summed E-state index contributed by atoms with van der Waals surface area (Å²) in [4.78, 5) is 37.2. The summed E-state index contributed by atoms with van der Waals surface area (Å²) in [6, 6.07) is 6.43. The number of amides is 2. The quantitative estimate of drug-likeness (QED) is 0.364. The van der Waals surface area contributed by atoms with Gasteiger partial charge in [0.25, 0.3) is 0 Å². The maximum atomic E-state index is 12.6. The number of imide groups is 1. The summed E-state index contributed by atoms with van der Waals surface area (Å²) in [6.07, 6.45) is 3.32. The Morgan fingerprint density at radius 1 is 1.14 bits per heavy atom. The fourth-order valence-electron chi connectivity index (χ4n) is 3.12. The molecule has 2 amide bonds. The largest absolute Gasteiger partial charge is 0.427 e. The summed E-state index contributed by atoms with van der Waals surface area (Å²) in [5.41, 5.74) is 1.69. The predicted octanol–water partition coefficient (Wildman–Crippen LogP) is 2.46. The van der Waals surface area contributed by atoms with Gasteiger partial charge in [-0.25, -0.2) is 0 Å². The molecule has 2 atom stereocenters. The van der Waals surface area contributed by atoms with Gasteiger partial charge in [-0.2, -0.15) is 0 Å². The van der Waals surface area contributed by atoms with E-state index in [1.807, 2.05) is 13.0 Å². The lowest BCUT2D eigenvalue weighted by Crippen LogP contribution is -2.30. The number of fused-ring (bicyclic) bond motifs is 1. The molecule has 1 saturated heterocycles. The molecule has 1 aliphatic heterocycles. The van der Waals surface area contributed by atoms with Gasteiger partial charge in [-0.05, 0) is 44.0 Å². The van der Waals surface area contributed by atoms with Gasteiger partial charge >= 0.3 is 5.97 Å². The Kier molecular flexibility index (Phi) is 3.56. The molecule has 3 rings (SSSR count). The van der Waals surface area contributed by atoms with Crippen molar-refractivity contribution in [2.45, 2.75) is 26.7 Å². The molecular formula is C17H17NO4. The molecule has 1 aliphatic carbocycles. The van der Waals surface area contributed by atoms with Gasteiger partial charge in [-0.15, -0.1) is 0 Å². The zero-order valence-corrected chi connectivity index (χ0v) is 12.5. The number of rotatable bonds is 2. The molecule has 22 heavy (non-hydrogen) atoms. The number of esters is 1. The lowest BCUT2D eigenvalue weighted by Gasteiger charge is -2.18. The molecule has 1 aromatic rings. The summed E-state index contributed by atoms with van der Waals surface area (Å²) in [5.74, 6) is -0.782. The minimum atomic E-state index is -0.409. The van der Waals surface area contributed by atoms with Crippen molar-refractivity contribution in [3.8, 4) is 5.75 Å². The third-order valence-corrected chi connectivity index (χ3v) is 4.18. The zero-order valence-electron chi connectivity index (χ0n) is 12.5. The minimum absolute atomic E-state index is 0.136. The molecule has 2 aliphatic rings. The molecule has 114 valence electrons. The van der Waals surface area contributed by atoms with Crippen molar-refractivity contribution in [1.82, 2.24) is 0 Å². The first-order valence-corrected chi connectivity index (χ1v) is 7.29. The van der Waals surface area contributed by atoms with Gasteiger partial charge in [-0.3, -0.25) is 19.3 Å². The number of hydrogen-bond acceptors (Lipinski definition) is 4. The van der Waals surface area contributed by atoms with Gasteiger partial charge in [0.05, 0.1) is 17.5 Å². The Bertz CT molecular complexity index is 674. The van der Waals surface area contributed by atoms with Crippen molar-refractivity contribution < 1.29 is 19.1 Å². The number of carbonyl (C=O) groups is 3. The van der Waals surface area contributed by atoms with Gasteiger partial charge in [0.15, 0.2) is 0 Å². The predicted molar refractivity (Wildman–Crippen MR) is 80.2 cm³/mol. The van der Waals surface area contributed by atoms with Crippen molar-refractivity contribution in [3.05, 3.63) is 35.9 Å². The summed E-state index contributed by atoms with van der Waals surface area (Å²) in [5, 5.41) is 0. The molecule has 1 aromatic carbocycles. The second kappa shape index (κ2) is 5.40. The van der Waals surface area contributed by atoms with Crippen LogP contribution < -0.4 is 9.64 Å². The summed E-state index contributed by atoms with van der Waals surface area (Å²) >= 11 is 0. The minimum Gasteiger partial charge on any atom is -0.427 e. The van der Waals surface area contributed by atoms with Crippen molar-refractivity contribution in [2.24, 2.45) is 11.8 Å². The molecule has 5 heteroatoms. The molecule has 1 heterocycles. The van der Waals surface area contributed by atoms with Gasteiger partial charge in [-0.1, -0.05) is 11.6 Å². The number of hydrogen-bond donors (Lipinski definition) is 0. The third-order valence-electron chi connectivity index (χ3n) is 4.18. The van der Waals surface area contributed by atoms with Crippen molar-refractivity contribution in [2.75, 3.05) is 4.90 Å². The highest BCUT2D eigenvalue weighted by Gasteiger charge is 2.48. The molecule has 0 radical (unpaired) electrons.